The molecular formula is C26H30BrFN2O3. The number of nitrogens with one attached hydrogen (secondary N) is 1. The second kappa shape index (κ2) is 7.56. The lowest BCUT2D eigenvalue weighted by Crippen LogP contribution is -2.62. The van der Waals surface area contributed by atoms with Crippen molar-refractivity contribution in [1.82, 2.24) is 10.2 Å². The van der Waals surface area contributed by atoms with Crippen LogP contribution in [-0.2, 0) is 10.2 Å². The molecule has 1 heterocycles. The number of carboxylic acids is 1. The lowest BCUT2D eigenvalue weighted by molar-refractivity contribution is -0.135. The molecule has 2 amide bonds. The van der Waals surface area contributed by atoms with E-state index in [-0.39, 0.29) is 35.7 Å². The van der Waals surface area contributed by atoms with Crippen molar-refractivity contribution in [3.8, 4) is 0 Å². The molecule has 176 valence electrons. The number of piperidine rings is 1. The Bertz CT molecular complexity index is 1030. The highest BCUT2D eigenvalue weighted by Gasteiger charge is 2.56. The highest BCUT2D eigenvalue weighted by atomic mass is 79.9. The van der Waals surface area contributed by atoms with E-state index in [9.17, 15) is 14.7 Å². The molecule has 1 saturated heterocycles. The van der Waals surface area contributed by atoms with Crippen LogP contribution in [0, 0.1) is 17.8 Å². The van der Waals surface area contributed by atoms with Gasteiger partial charge in [0.15, 0.2) is 0 Å². The summed E-state index contributed by atoms with van der Waals surface area (Å²) >= 11 is 3.70. The molecule has 4 saturated carbocycles. The summed E-state index contributed by atoms with van der Waals surface area (Å²) in [6.07, 6.45) is 7.74. The summed E-state index contributed by atoms with van der Waals surface area (Å²) < 4.78 is 16.0. The van der Waals surface area contributed by atoms with E-state index >= 15 is 4.39 Å². The molecule has 0 aromatic heterocycles. The third-order valence-corrected chi connectivity index (χ3v) is 9.74. The van der Waals surface area contributed by atoms with Crippen LogP contribution in [0.4, 0.5) is 9.18 Å². The summed E-state index contributed by atoms with van der Waals surface area (Å²) in [6.45, 7) is 1.25. The van der Waals surface area contributed by atoms with Crippen LogP contribution in [0.25, 0.3) is 5.57 Å². The monoisotopic (exact) mass is 516 g/mol. The second-order valence-corrected chi connectivity index (χ2v) is 12.0. The minimum Gasteiger partial charge on any atom is -0.481 e. The number of urea groups is 1. The summed E-state index contributed by atoms with van der Waals surface area (Å²) in [6, 6.07) is 6.06. The molecule has 1 aromatic carbocycles. The number of hydrogen-bond donors (Lipinski definition) is 2. The standard InChI is InChI=1S/C26H30BrFN2O3/c27-20-3-1-2-19-16(10-21(31)32)12-25(22(19)20)4-6-30(7-5-25)24(33)29-23-17-8-15-9-18(23)14-26(28,11-15)13-17/h1-3,12,15,17-18,23H,4-11,13-14H2,(H,29,33)(H,31,32). The molecule has 1 spiro atoms. The number of nitrogens with zero attached hydrogens (tertiary/aromatic N) is 1. The van der Waals surface area contributed by atoms with E-state index < -0.39 is 11.6 Å². The molecule has 1 aliphatic heterocycles. The molecule has 2 N–H and O–H groups in total. The van der Waals surface area contributed by atoms with Gasteiger partial charge in [-0.05, 0) is 85.5 Å². The fraction of sp³-hybridized carbons (Fsp3) is 0.615. The van der Waals surface area contributed by atoms with Crippen molar-refractivity contribution in [2.24, 2.45) is 17.8 Å². The van der Waals surface area contributed by atoms with Gasteiger partial charge in [0.25, 0.3) is 0 Å². The molecule has 5 aliphatic carbocycles. The molecule has 4 bridgehead atoms. The van der Waals surface area contributed by atoms with Crippen LogP contribution in [0.15, 0.2) is 28.7 Å². The molecule has 7 heteroatoms. The summed E-state index contributed by atoms with van der Waals surface area (Å²) in [5.74, 6) is 0.232. The number of rotatable bonds is 3. The molecule has 33 heavy (non-hydrogen) atoms. The van der Waals surface area contributed by atoms with Crippen molar-refractivity contribution in [2.75, 3.05) is 13.1 Å². The molecule has 5 nitrogen and oxygen atoms in total. The van der Waals surface area contributed by atoms with Gasteiger partial charge in [-0.2, -0.15) is 0 Å². The van der Waals surface area contributed by atoms with Crippen molar-refractivity contribution in [2.45, 2.75) is 68.5 Å². The van der Waals surface area contributed by atoms with E-state index in [4.69, 9.17) is 0 Å². The molecule has 0 radical (unpaired) electrons. The van der Waals surface area contributed by atoms with E-state index in [1.165, 1.54) is 0 Å². The first-order chi connectivity index (χ1) is 15.8. The van der Waals surface area contributed by atoms with Crippen molar-refractivity contribution in [1.29, 1.82) is 0 Å². The summed E-state index contributed by atoms with van der Waals surface area (Å²) in [5.41, 5.74) is 1.82. The lowest BCUT2D eigenvalue weighted by atomic mass is 9.53. The van der Waals surface area contributed by atoms with Crippen LogP contribution in [0.5, 0.6) is 0 Å². The number of halogens is 2. The Morgan fingerprint density at radius 2 is 1.85 bits per heavy atom. The van der Waals surface area contributed by atoms with Crippen LogP contribution < -0.4 is 5.32 Å². The van der Waals surface area contributed by atoms with Crippen LogP contribution in [0.1, 0.15) is 62.5 Å². The summed E-state index contributed by atoms with van der Waals surface area (Å²) in [5, 5.41) is 12.7. The number of carbonyl (C=O) groups excluding carboxylic acids is 1. The first kappa shape index (κ1) is 21.6. The predicted octanol–water partition coefficient (Wildman–Crippen LogP) is 5.28. The van der Waals surface area contributed by atoms with Gasteiger partial charge in [-0.3, -0.25) is 4.79 Å². The average molecular weight is 517 g/mol. The quantitative estimate of drug-likeness (QED) is 0.573. The van der Waals surface area contributed by atoms with Gasteiger partial charge in [0.05, 0.1) is 6.42 Å². The second-order valence-electron chi connectivity index (χ2n) is 11.1. The first-order valence-corrected chi connectivity index (χ1v) is 13.0. The minimum absolute atomic E-state index is 0.0108. The Labute approximate surface area is 201 Å². The van der Waals surface area contributed by atoms with E-state index in [2.05, 4.69) is 27.3 Å². The van der Waals surface area contributed by atoms with Gasteiger partial charge in [0.1, 0.15) is 5.67 Å². The third kappa shape index (κ3) is 3.53. The number of carbonyl (C=O) groups is 2. The zero-order valence-corrected chi connectivity index (χ0v) is 20.2. The Morgan fingerprint density at radius 1 is 1.15 bits per heavy atom. The van der Waals surface area contributed by atoms with Gasteiger partial charge in [0.2, 0.25) is 0 Å². The van der Waals surface area contributed by atoms with Crippen LogP contribution in [0.3, 0.4) is 0 Å². The molecule has 5 fully saturated rings. The fourth-order valence-electron chi connectivity index (χ4n) is 7.99. The number of carboxylic acid groups (broad SMARTS) is 1. The van der Waals surface area contributed by atoms with Gasteiger partial charge in [-0.1, -0.05) is 34.1 Å². The van der Waals surface area contributed by atoms with Gasteiger partial charge in [-0.25, -0.2) is 9.18 Å². The Morgan fingerprint density at radius 3 is 2.48 bits per heavy atom. The van der Waals surface area contributed by atoms with Gasteiger partial charge in [-0.15, -0.1) is 0 Å². The van der Waals surface area contributed by atoms with Crippen LogP contribution in [-0.4, -0.2) is 46.8 Å². The lowest BCUT2D eigenvalue weighted by Gasteiger charge is -2.57. The normalized spacial score (nSPS) is 35.5. The number of allylic oxidation sites excluding steroid dienone is 1. The number of likely N-dealkylation sites (tertiary alicyclic amines) is 1. The maximum absolute atomic E-state index is 15.0. The van der Waals surface area contributed by atoms with E-state index in [1.54, 1.807) is 0 Å². The number of fused-ring (bicyclic) bond motifs is 2. The topological polar surface area (TPSA) is 69.6 Å². The molecule has 7 rings (SSSR count). The maximum Gasteiger partial charge on any atom is 0.317 e. The third-order valence-electron chi connectivity index (χ3n) is 9.08. The molecular weight excluding hydrogens is 487 g/mol. The maximum atomic E-state index is 15.0. The van der Waals surface area contributed by atoms with Crippen LogP contribution in [0.2, 0.25) is 0 Å². The zero-order chi connectivity index (χ0) is 23.0. The highest BCUT2D eigenvalue weighted by Crippen LogP contribution is 2.57. The number of benzene rings is 1. The largest absolute Gasteiger partial charge is 0.481 e. The summed E-state index contributed by atoms with van der Waals surface area (Å²) in [7, 11) is 0. The van der Waals surface area contributed by atoms with E-state index in [0.717, 1.165) is 53.3 Å². The Kier molecular flexibility index (Phi) is 4.95. The predicted molar refractivity (Wildman–Crippen MR) is 127 cm³/mol. The number of aliphatic carboxylic acids is 1. The van der Waals surface area contributed by atoms with Crippen molar-refractivity contribution >= 4 is 33.5 Å². The molecule has 2 unspecified atom stereocenters. The smallest absolute Gasteiger partial charge is 0.317 e. The van der Waals surface area contributed by atoms with Crippen molar-refractivity contribution in [3.05, 3.63) is 39.9 Å². The summed E-state index contributed by atoms with van der Waals surface area (Å²) in [4.78, 5) is 26.6. The average Bonchev–Trinajstić information content (AvgIpc) is 3.03. The molecule has 1 aromatic rings. The first-order valence-electron chi connectivity index (χ1n) is 12.2. The number of amides is 2. The van der Waals surface area contributed by atoms with E-state index in [0.29, 0.717) is 31.8 Å². The number of alkyl halides is 1. The SMILES string of the molecule is O=C(O)CC1=CC2(CCN(C(=O)NC3C4CC5CC3CC(F)(C5)C4)CC2)c2c(Br)cccc21. The molecule has 6 aliphatic rings. The van der Waals surface area contributed by atoms with Gasteiger partial charge < -0.3 is 15.3 Å². The highest BCUT2D eigenvalue weighted by molar-refractivity contribution is 9.10. The Hall–Kier alpha value is -1.89. The fourth-order valence-corrected chi connectivity index (χ4v) is 8.75. The van der Waals surface area contributed by atoms with Crippen molar-refractivity contribution in [3.63, 3.8) is 0 Å². The van der Waals surface area contributed by atoms with E-state index in [1.807, 2.05) is 23.1 Å². The molecule has 2 atom stereocenters. The number of hydrogen-bond acceptors (Lipinski definition) is 2. The van der Waals surface area contributed by atoms with Crippen molar-refractivity contribution < 1.29 is 19.1 Å². The van der Waals surface area contributed by atoms with Gasteiger partial charge in [0, 0.05) is 29.0 Å². The zero-order valence-electron chi connectivity index (χ0n) is 18.7. The van der Waals surface area contributed by atoms with Gasteiger partial charge >= 0.3 is 12.0 Å². The van der Waals surface area contributed by atoms with Crippen LogP contribution >= 0.6 is 15.9 Å². The minimum atomic E-state index is -0.988. The Balaban J connectivity index is 1.16.